The van der Waals surface area contributed by atoms with Gasteiger partial charge in [0, 0.05) is 36.6 Å². The maximum Gasteiger partial charge on any atom is 0.308 e. The van der Waals surface area contributed by atoms with Crippen molar-refractivity contribution in [3.8, 4) is 11.5 Å². The highest BCUT2D eigenvalue weighted by Crippen LogP contribution is 2.30. The molecule has 2 heterocycles. The fraction of sp³-hybridized carbons (Fsp3) is 0.350. The van der Waals surface area contributed by atoms with Gasteiger partial charge in [-0.25, -0.2) is 0 Å². The number of nitrogens with zero attached hydrogens (tertiary/aromatic N) is 2. The molecule has 1 fully saturated rings. The van der Waals surface area contributed by atoms with Crippen LogP contribution in [0.5, 0.6) is 11.5 Å². The van der Waals surface area contributed by atoms with Gasteiger partial charge in [-0.05, 0) is 37.6 Å². The zero-order valence-corrected chi connectivity index (χ0v) is 15.1. The summed E-state index contributed by atoms with van der Waals surface area (Å²) in [5.41, 5.74) is 1.38. The molecule has 1 aliphatic heterocycles. The summed E-state index contributed by atoms with van der Waals surface area (Å²) in [5.74, 6) is -0.524. The molecule has 7 heteroatoms. The molecule has 2 aromatic rings. The lowest BCUT2D eigenvalue weighted by atomic mass is 10.1. The first-order chi connectivity index (χ1) is 13.1. The Morgan fingerprint density at radius 2 is 2.11 bits per heavy atom. The topological polar surface area (TPSA) is 89.0 Å². The fourth-order valence-corrected chi connectivity index (χ4v) is 3.00. The van der Waals surface area contributed by atoms with Crippen LogP contribution in [0.25, 0.3) is 0 Å². The number of benzene rings is 1. The zero-order chi connectivity index (χ0) is 19.2. The summed E-state index contributed by atoms with van der Waals surface area (Å²) in [7, 11) is 0. The number of carbonyl (C=O) groups excluding carboxylic acids is 1. The minimum atomic E-state index is -0.862. The first kappa shape index (κ1) is 18.7. The fourth-order valence-electron chi connectivity index (χ4n) is 3.00. The Bertz CT molecular complexity index is 809. The van der Waals surface area contributed by atoms with Gasteiger partial charge < -0.3 is 19.5 Å². The van der Waals surface area contributed by atoms with Crippen molar-refractivity contribution in [1.82, 2.24) is 9.88 Å². The standard InChI is InChI=1S/C20H22N2O5/c1-2-26-18-10-15(19(23)22-9-7-16(12-22)20(24)25)5-6-17(18)27-13-14-4-3-8-21-11-14/h3-6,8,10-11,16H,2,7,9,12-13H2,1H3,(H,24,25)/t16-/m1/s1. The molecule has 0 radical (unpaired) electrons. The molecule has 3 rings (SSSR count). The number of aromatic nitrogens is 1. The summed E-state index contributed by atoms with van der Waals surface area (Å²) in [6, 6.07) is 8.79. The van der Waals surface area contributed by atoms with Crippen LogP contribution in [0.4, 0.5) is 0 Å². The molecule has 0 bridgehead atoms. The van der Waals surface area contributed by atoms with Crippen molar-refractivity contribution in [1.29, 1.82) is 0 Å². The third-order valence-electron chi connectivity index (χ3n) is 4.43. The average Bonchev–Trinajstić information content (AvgIpc) is 3.18. The minimum Gasteiger partial charge on any atom is -0.490 e. The van der Waals surface area contributed by atoms with Gasteiger partial charge >= 0.3 is 5.97 Å². The SMILES string of the molecule is CCOc1cc(C(=O)N2CC[C@@H](C(=O)O)C2)ccc1OCc1cccnc1. The lowest BCUT2D eigenvalue weighted by molar-refractivity contribution is -0.141. The number of pyridine rings is 1. The van der Waals surface area contributed by atoms with Gasteiger partial charge in [0.1, 0.15) is 6.61 Å². The van der Waals surface area contributed by atoms with Gasteiger partial charge in [-0.2, -0.15) is 0 Å². The predicted octanol–water partition coefficient (Wildman–Crippen LogP) is 2.61. The Morgan fingerprint density at radius 1 is 1.26 bits per heavy atom. The van der Waals surface area contributed by atoms with E-state index in [9.17, 15) is 9.59 Å². The second-order valence-corrected chi connectivity index (χ2v) is 6.32. The molecule has 27 heavy (non-hydrogen) atoms. The van der Waals surface area contributed by atoms with E-state index in [-0.39, 0.29) is 12.5 Å². The van der Waals surface area contributed by atoms with Crippen molar-refractivity contribution in [2.75, 3.05) is 19.7 Å². The van der Waals surface area contributed by atoms with E-state index >= 15 is 0 Å². The second-order valence-electron chi connectivity index (χ2n) is 6.32. The second kappa shape index (κ2) is 8.53. The largest absolute Gasteiger partial charge is 0.490 e. The van der Waals surface area contributed by atoms with Gasteiger partial charge in [0.25, 0.3) is 5.91 Å². The number of rotatable bonds is 7. The normalized spacial score (nSPS) is 16.2. The monoisotopic (exact) mass is 370 g/mol. The Kier molecular flexibility index (Phi) is 5.90. The summed E-state index contributed by atoms with van der Waals surface area (Å²) in [6.45, 7) is 3.31. The molecular formula is C20H22N2O5. The number of hydrogen-bond donors (Lipinski definition) is 1. The van der Waals surface area contributed by atoms with Gasteiger partial charge in [-0.1, -0.05) is 6.07 Å². The molecule has 1 aliphatic rings. The molecule has 1 aromatic heterocycles. The van der Waals surface area contributed by atoms with Crippen LogP contribution in [0, 0.1) is 5.92 Å². The van der Waals surface area contributed by atoms with Crippen molar-refractivity contribution in [3.63, 3.8) is 0 Å². The molecule has 1 atom stereocenters. The van der Waals surface area contributed by atoms with Crippen LogP contribution in [0.15, 0.2) is 42.7 Å². The molecular weight excluding hydrogens is 348 g/mol. The molecule has 1 N–H and O–H groups in total. The lowest BCUT2D eigenvalue weighted by Crippen LogP contribution is -2.29. The van der Waals surface area contributed by atoms with E-state index in [1.54, 1.807) is 35.5 Å². The van der Waals surface area contributed by atoms with Gasteiger partial charge in [0.2, 0.25) is 0 Å². The smallest absolute Gasteiger partial charge is 0.308 e. The molecule has 1 aromatic carbocycles. The van der Waals surface area contributed by atoms with Gasteiger partial charge in [0.05, 0.1) is 12.5 Å². The molecule has 1 amide bonds. The third kappa shape index (κ3) is 4.55. The van der Waals surface area contributed by atoms with Crippen molar-refractivity contribution in [2.24, 2.45) is 5.92 Å². The highest BCUT2D eigenvalue weighted by Gasteiger charge is 2.31. The molecule has 142 valence electrons. The van der Waals surface area contributed by atoms with Crippen LogP contribution in [0.1, 0.15) is 29.3 Å². The molecule has 7 nitrogen and oxygen atoms in total. The molecule has 1 saturated heterocycles. The Hall–Kier alpha value is -3.09. The van der Waals surface area contributed by atoms with Crippen molar-refractivity contribution < 1.29 is 24.2 Å². The maximum atomic E-state index is 12.7. The van der Waals surface area contributed by atoms with E-state index in [0.717, 1.165) is 5.56 Å². The van der Waals surface area contributed by atoms with Gasteiger partial charge in [0.15, 0.2) is 11.5 Å². The first-order valence-corrected chi connectivity index (χ1v) is 8.89. The van der Waals surface area contributed by atoms with Crippen LogP contribution in [0.3, 0.4) is 0 Å². The average molecular weight is 370 g/mol. The zero-order valence-electron chi connectivity index (χ0n) is 15.1. The van der Waals surface area contributed by atoms with Crippen LogP contribution in [-0.2, 0) is 11.4 Å². The third-order valence-corrected chi connectivity index (χ3v) is 4.43. The molecule has 0 saturated carbocycles. The highest BCUT2D eigenvalue weighted by atomic mass is 16.5. The van der Waals surface area contributed by atoms with E-state index in [2.05, 4.69) is 4.98 Å². The van der Waals surface area contributed by atoms with Crippen LogP contribution < -0.4 is 9.47 Å². The maximum absolute atomic E-state index is 12.7. The number of carbonyl (C=O) groups is 2. The Morgan fingerprint density at radius 3 is 2.78 bits per heavy atom. The number of carboxylic acids is 1. The number of hydrogen-bond acceptors (Lipinski definition) is 5. The summed E-state index contributed by atoms with van der Waals surface area (Å²) in [6.07, 6.45) is 3.90. The van der Waals surface area contributed by atoms with Crippen molar-refractivity contribution in [3.05, 3.63) is 53.9 Å². The quantitative estimate of drug-likeness (QED) is 0.806. The predicted molar refractivity (Wildman–Crippen MR) is 97.8 cm³/mol. The van der Waals surface area contributed by atoms with E-state index in [1.165, 1.54) is 0 Å². The number of likely N-dealkylation sites (tertiary alicyclic amines) is 1. The summed E-state index contributed by atoms with van der Waals surface area (Å²) < 4.78 is 11.4. The van der Waals surface area contributed by atoms with Crippen LogP contribution in [0.2, 0.25) is 0 Å². The lowest BCUT2D eigenvalue weighted by Gasteiger charge is -2.18. The van der Waals surface area contributed by atoms with E-state index < -0.39 is 11.9 Å². The molecule has 0 unspecified atom stereocenters. The summed E-state index contributed by atoms with van der Waals surface area (Å²) >= 11 is 0. The first-order valence-electron chi connectivity index (χ1n) is 8.89. The number of amides is 1. The Balaban J connectivity index is 1.73. The Labute approximate surface area is 157 Å². The minimum absolute atomic E-state index is 0.196. The van der Waals surface area contributed by atoms with Gasteiger partial charge in [-0.3, -0.25) is 14.6 Å². The van der Waals surface area contributed by atoms with Crippen molar-refractivity contribution in [2.45, 2.75) is 20.0 Å². The van der Waals surface area contributed by atoms with E-state index in [0.29, 0.717) is 43.2 Å². The van der Waals surface area contributed by atoms with Gasteiger partial charge in [-0.15, -0.1) is 0 Å². The molecule has 0 aliphatic carbocycles. The van der Waals surface area contributed by atoms with Crippen molar-refractivity contribution >= 4 is 11.9 Å². The van der Waals surface area contributed by atoms with E-state index in [4.69, 9.17) is 14.6 Å². The highest BCUT2D eigenvalue weighted by molar-refractivity contribution is 5.95. The number of carboxylic acid groups (broad SMARTS) is 1. The van der Waals surface area contributed by atoms with Crippen LogP contribution >= 0.6 is 0 Å². The number of ether oxygens (including phenoxy) is 2. The number of aliphatic carboxylic acids is 1. The molecule has 0 spiro atoms. The van der Waals surface area contributed by atoms with E-state index in [1.807, 2.05) is 19.1 Å². The summed E-state index contributed by atoms with van der Waals surface area (Å²) in [5, 5.41) is 9.11. The van der Waals surface area contributed by atoms with Crippen LogP contribution in [-0.4, -0.2) is 46.6 Å². The summed E-state index contributed by atoms with van der Waals surface area (Å²) in [4.78, 5) is 29.4.